The van der Waals surface area contributed by atoms with E-state index in [1.54, 1.807) is 18.5 Å². The fourth-order valence-corrected chi connectivity index (χ4v) is 2.18. The van der Waals surface area contributed by atoms with Crippen LogP contribution in [0.5, 0.6) is 0 Å². The molecule has 0 aliphatic heterocycles. The molecular weight excluding hydrogens is 264 g/mol. The number of aryl methyl sites for hydroxylation is 1. The Balaban J connectivity index is 1.56. The van der Waals surface area contributed by atoms with Gasteiger partial charge < -0.3 is 10.3 Å². The molecule has 2 N–H and O–H groups in total. The molecule has 21 heavy (non-hydrogen) atoms. The lowest BCUT2D eigenvalue weighted by atomic mass is 10.2. The quantitative estimate of drug-likeness (QED) is 0.705. The first-order valence-electron chi connectivity index (χ1n) is 6.95. The molecule has 0 spiro atoms. The Hall–Kier alpha value is -2.69. The third-order valence-electron chi connectivity index (χ3n) is 3.26. The molecule has 106 valence electrons. The molecule has 0 unspecified atom stereocenters. The summed E-state index contributed by atoms with van der Waals surface area (Å²) in [6.07, 6.45) is 5.19. The van der Waals surface area contributed by atoms with Gasteiger partial charge in [-0.3, -0.25) is 4.79 Å². The van der Waals surface area contributed by atoms with Crippen molar-refractivity contribution in [3.05, 3.63) is 60.3 Å². The molecule has 0 bridgehead atoms. The van der Waals surface area contributed by atoms with Gasteiger partial charge in [-0.15, -0.1) is 0 Å². The van der Waals surface area contributed by atoms with Gasteiger partial charge in [-0.25, -0.2) is 9.97 Å². The predicted molar refractivity (Wildman–Crippen MR) is 81.0 cm³/mol. The summed E-state index contributed by atoms with van der Waals surface area (Å²) in [6.45, 7) is 0.605. The fourth-order valence-electron chi connectivity index (χ4n) is 2.18. The number of amides is 1. The van der Waals surface area contributed by atoms with Crippen LogP contribution in [-0.2, 0) is 6.42 Å². The van der Waals surface area contributed by atoms with Gasteiger partial charge in [-0.2, -0.15) is 0 Å². The zero-order chi connectivity index (χ0) is 14.5. The van der Waals surface area contributed by atoms with Crippen molar-refractivity contribution in [2.45, 2.75) is 12.8 Å². The molecule has 1 aromatic carbocycles. The highest BCUT2D eigenvalue weighted by Crippen LogP contribution is 2.11. The van der Waals surface area contributed by atoms with Gasteiger partial charge in [0, 0.05) is 30.7 Å². The van der Waals surface area contributed by atoms with Crippen LogP contribution >= 0.6 is 0 Å². The maximum Gasteiger partial charge on any atom is 0.269 e. The van der Waals surface area contributed by atoms with Crippen LogP contribution in [0.3, 0.4) is 0 Å². The van der Waals surface area contributed by atoms with Crippen molar-refractivity contribution in [3.8, 4) is 0 Å². The number of H-pyrrole nitrogens is 1. The van der Waals surface area contributed by atoms with Crippen LogP contribution in [0.25, 0.3) is 10.9 Å². The Morgan fingerprint density at radius 1 is 1.19 bits per heavy atom. The largest absolute Gasteiger partial charge is 0.351 e. The van der Waals surface area contributed by atoms with Gasteiger partial charge in [-0.1, -0.05) is 24.3 Å². The molecule has 1 amide bonds. The Labute approximate surface area is 122 Å². The first-order chi connectivity index (χ1) is 10.3. The number of imidazole rings is 1. The normalized spacial score (nSPS) is 10.7. The summed E-state index contributed by atoms with van der Waals surface area (Å²) in [5.74, 6) is 0.799. The van der Waals surface area contributed by atoms with Crippen LogP contribution in [0.15, 0.2) is 48.8 Å². The topological polar surface area (TPSA) is 70.7 Å². The summed E-state index contributed by atoms with van der Waals surface area (Å²) in [6, 6.07) is 11.4. The summed E-state index contributed by atoms with van der Waals surface area (Å²) in [7, 11) is 0. The van der Waals surface area contributed by atoms with E-state index in [2.05, 4.69) is 20.3 Å². The molecule has 0 radical (unpaired) electrons. The van der Waals surface area contributed by atoms with E-state index in [0.29, 0.717) is 12.2 Å². The number of nitrogens with one attached hydrogen (secondary N) is 2. The second-order valence-electron chi connectivity index (χ2n) is 4.78. The molecule has 5 heteroatoms. The van der Waals surface area contributed by atoms with Crippen molar-refractivity contribution in [3.63, 3.8) is 0 Å². The zero-order valence-corrected chi connectivity index (χ0v) is 11.5. The third kappa shape index (κ3) is 3.25. The van der Waals surface area contributed by atoms with Gasteiger partial charge in [0.05, 0.1) is 5.52 Å². The molecule has 0 fully saturated rings. The number of benzene rings is 1. The molecule has 0 atom stereocenters. The van der Waals surface area contributed by atoms with E-state index < -0.39 is 0 Å². The average Bonchev–Trinajstić information content (AvgIpc) is 3.04. The standard InChI is InChI=1S/C16H16N4O/c21-16(19-9-3-6-15-17-10-11-18-15)14-8-7-12-4-1-2-5-13(12)20-14/h1-2,4-5,7-8,10-11H,3,6,9H2,(H,17,18)(H,19,21). The van der Waals surface area contributed by atoms with Crippen LogP contribution in [0.4, 0.5) is 0 Å². The van der Waals surface area contributed by atoms with E-state index >= 15 is 0 Å². The van der Waals surface area contributed by atoms with Gasteiger partial charge in [-0.05, 0) is 18.6 Å². The molecule has 0 aliphatic carbocycles. The zero-order valence-electron chi connectivity index (χ0n) is 11.5. The van der Waals surface area contributed by atoms with Gasteiger partial charge >= 0.3 is 0 Å². The number of pyridine rings is 1. The maximum atomic E-state index is 12.1. The minimum atomic E-state index is -0.139. The average molecular weight is 280 g/mol. The van der Waals surface area contributed by atoms with Gasteiger partial charge in [0.2, 0.25) is 0 Å². The van der Waals surface area contributed by atoms with E-state index in [-0.39, 0.29) is 5.91 Å². The molecule has 2 heterocycles. The molecule has 3 aromatic rings. The van der Waals surface area contributed by atoms with Crippen LogP contribution in [0.1, 0.15) is 22.7 Å². The highest BCUT2D eigenvalue weighted by Gasteiger charge is 2.07. The molecule has 0 aliphatic rings. The van der Waals surface area contributed by atoms with Gasteiger partial charge in [0.25, 0.3) is 5.91 Å². The van der Waals surface area contributed by atoms with E-state index in [1.165, 1.54) is 0 Å². The van der Waals surface area contributed by atoms with Crippen LogP contribution in [0.2, 0.25) is 0 Å². The van der Waals surface area contributed by atoms with Crippen molar-refractivity contribution in [1.82, 2.24) is 20.3 Å². The summed E-state index contributed by atoms with van der Waals surface area (Å²) in [5, 5.41) is 3.92. The third-order valence-corrected chi connectivity index (χ3v) is 3.26. The molecule has 2 aromatic heterocycles. The fraction of sp³-hybridized carbons (Fsp3) is 0.188. The van der Waals surface area contributed by atoms with Crippen molar-refractivity contribution < 1.29 is 4.79 Å². The molecule has 5 nitrogen and oxygen atoms in total. The number of fused-ring (bicyclic) bond motifs is 1. The molecule has 3 rings (SSSR count). The Morgan fingerprint density at radius 3 is 2.95 bits per heavy atom. The van der Waals surface area contributed by atoms with Crippen molar-refractivity contribution in [2.75, 3.05) is 6.54 Å². The SMILES string of the molecule is O=C(NCCCc1ncc[nH]1)c1ccc2ccccc2n1. The minimum absolute atomic E-state index is 0.139. The monoisotopic (exact) mass is 280 g/mol. The highest BCUT2D eigenvalue weighted by atomic mass is 16.1. The first-order valence-corrected chi connectivity index (χ1v) is 6.95. The summed E-state index contributed by atoms with van der Waals surface area (Å²) >= 11 is 0. The second kappa shape index (κ2) is 6.17. The molecule has 0 saturated heterocycles. The summed E-state index contributed by atoms with van der Waals surface area (Å²) in [5.41, 5.74) is 1.28. The summed E-state index contributed by atoms with van der Waals surface area (Å²) in [4.78, 5) is 23.6. The number of aromatic nitrogens is 3. The van der Waals surface area contributed by atoms with Crippen LogP contribution in [0, 0.1) is 0 Å². The number of carbonyl (C=O) groups excluding carboxylic acids is 1. The number of nitrogens with zero attached hydrogens (tertiary/aromatic N) is 2. The second-order valence-corrected chi connectivity index (χ2v) is 4.78. The lowest BCUT2D eigenvalue weighted by Gasteiger charge is -2.05. The van der Waals surface area contributed by atoms with Crippen molar-refractivity contribution in [2.24, 2.45) is 0 Å². The number of aromatic amines is 1. The predicted octanol–water partition coefficient (Wildman–Crippen LogP) is 2.32. The van der Waals surface area contributed by atoms with Crippen molar-refractivity contribution in [1.29, 1.82) is 0 Å². The number of hydrogen-bond acceptors (Lipinski definition) is 3. The maximum absolute atomic E-state index is 12.1. The van der Waals surface area contributed by atoms with Crippen LogP contribution < -0.4 is 5.32 Å². The van der Waals surface area contributed by atoms with E-state index in [9.17, 15) is 4.79 Å². The number of rotatable bonds is 5. The molecule has 0 saturated carbocycles. The van der Waals surface area contributed by atoms with E-state index in [4.69, 9.17) is 0 Å². The van der Waals surface area contributed by atoms with Gasteiger partial charge in [0.15, 0.2) is 0 Å². The Morgan fingerprint density at radius 2 is 2.10 bits per heavy atom. The summed E-state index contributed by atoms with van der Waals surface area (Å²) < 4.78 is 0. The highest BCUT2D eigenvalue weighted by molar-refractivity contribution is 5.94. The lowest BCUT2D eigenvalue weighted by Crippen LogP contribution is -2.25. The number of hydrogen-bond donors (Lipinski definition) is 2. The van der Waals surface area contributed by atoms with Crippen molar-refractivity contribution >= 4 is 16.8 Å². The van der Waals surface area contributed by atoms with E-state index in [1.807, 2.05) is 30.3 Å². The van der Waals surface area contributed by atoms with E-state index in [0.717, 1.165) is 29.6 Å². The Bertz CT molecular complexity index is 737. The molecular formula is C16H16N4O. The lowest BCUT2D eigenvalue weighted by molar-refractivity contribution is 0.0948. The first kappa shape index (κ1) is 13.3. The smallest absolute Gasteiger partial charge is 0.269 e. The van der Waals surface area contributed by atoms with Crippen LogP contribution in [-0.4, -0.2) is 27.4 Å². The van der Waals surface area contributed by atoms with Gasteiger partial charge in [0.1, 0.15) is 11.5 Å². The minimum Gasteiger partial charge on any atom is -0.351 e. The number of carbonyl (C=O) groups is 1. The Kier molecular flexibility index (Phi) is 3.91. The number of para-hydroxylation sites is 1.